The normalized spacial score (nSPS) is 20.1. The van der Waals surface area contributed by atoms with E-state index in [0.29, 0.717) is 11.3 Å². The Bertz CT molecular complexity index is 1590. The first-order chi connectivity index (χ1) is 19.6. The molecule has 0 radical (unpaired) electrons. The van der Waals surface area contributed by atoms with Crippen molar-refractivity contribution in [3.8, 4) is 17.2 Å². The lowest BCUT2D eigenvalue weighted by Crippen LogP contribution is -2.58. The van der Waals surface area contributed by atoms with Crippen molar-refractivity contribution in [2.75, 3.05) is 26.8 Å². The smallest absolute Gasteiger partial charge is 0.258 e. The molecular formula is C28H27ClFN3O7S. The molecule has 4 bridgehead atoms. The fraction of sp³-hybridized carbons (Fsp3) is 0.286. The highest BCUT2D eigenvalue weighted by molar-refractivity contribution is 7.89. The molecule has 0 saturated carbocycles. The van der Waals surface area contributed by atoms with Gasteiger partial charge in [0.1, 0.15) is 22.6 Å². The van der Waals surface area contributed by atoms with E-state index in [1.165, 1.54) is 53.9 Å². The maximum atomic E-state index is 14.5. The summed E-state index contributed by atoms with van der Waals surface area (Å²) in [5.41, 5.74) is 0.630. The fourth-order valence-corrected chi connectivity index (χ4v) is 6.71. The number of hydrogen-bond acceptors (Lipinski definition) is 7. The number of hydrogen-bond donors (Lipinski definition) is 2. The lowest BCUT2D eigenvalue weighted by molar-refractivity contribution is -0.123. The van der Waals surface area contributed by atoms with Crippen molar-refractivity contribution in [1.29, 1.82) is 0 Å². The Balaban J connectivity index is 1.50. The molecule has 0 spiro atoms. The highest BCUT2D eigenvalue weighted by Crippen LogP contribution is 2.31. The van der Waals surface area contributed by atoms with E-state index in [2.05, 4.69) is 10.6 Å². The van der Waals surface area contributed by atoms with Gasteiger partial charge in [-0.25, -0.2) is 12.8 Å². The number of rotatable bonds is 3. The zero-order valence-electron chi connectivity index (χ0n) is 21.9. The number of fused-ring (bicyclic) bond motifs is 5. The third kappa shape index (κ3) is 6.39. The van der Waals surface area contributed by atoms with E-state index < -0.39 is 39.8 Å². The molecule has 2 atom stereocenters. The van der Waals surface area contributed by atoms with Gasteiger partial charge in [-0.3, -0.25) is 9.59 Å². The zero-order chi connectivity index (χ0) is 29.1. The summed E-state index contributed by atoms with van der Waals surface area (Å²) in [4.78, 5) is 25.8. The van der Waals surface area contributed by atoms with Crippen LogP contribution in [0, 0.1) is 5.82 Å². The molecular weight excluding hydrogens is 577 g/mol. The predicted molar refractivity (Wildman–Crippen MR) is 147 cm³/mol. The van der Waals surface area contributed by atoms with E-state index in [0.717, 1.165) is 0 Å². The number of carbonyl (C=O) groups is 2. The topological polar surface area (TPSA) is 123 Å². The van der Waals surface area contributed by atoms with Gasteiger partial charge in [-0.05, 0) is 48.0 Å². The molecule has 2 aliphatic heterocycles. The molecule has 0 unspecified atom stereocenters. The Morgan fingerprint density at radius 3 is 2.68 bits per heavy atom. The first-order valence-corrected chi connectivity index (χ1v) is 14.5. The summed E-state index contributed by atoms with van der Waals surface area (Å²) in [5, 5.41) is 5.62. The molecule has 2 amide bonds. The molecule has 2 aliphatic rings. The van der Waals surface area contributed by atoms with Crippen molar-refractivity contribution in [3.05, 3.63) is 82.6 Å². The van der Waals surface area contributed by atoms with Gasteiger partial charge in [0, 0.05) is 37.7 Å². The minimum Gasteiger partial charge on any atom is -0.493 e. The molecule has 216 valence electrons. The van der Waals surface area contributed by atoms with E-state index in [9.17, 15) is 22.4 Å². The number of methoxy groups -OCH3 is 1. The molecule has 2 heterocycles. The monoisotopic (exact) mass is 603 g/mol. The lowest BCUT2D eigenvalue weighted by atomic mass is 10.0. The van der Waals surface area contributed by atoms with Crippen LogP contribution in [0.4, 0.5) is 4.39 Å². The van der Waals surface area contributed by atoms with Crippen LogP contribution in [0.3, 0.4) is 0 Å². The van der Waals surface area contributed by atoms with Crippen LogP contribution in [-0.2, 0) is 21.4 Å². The minimum absolute atomic E-state index is 0.0160. The number of ether oxygens (including phenoxy) is 3. The van der Waals surface area contributed by atoms with Gasteiger partial charge < -0.3 is 24.8 Å². The van der Waals surface area contributed by atoms with Crippen LogP contribution in [0.5, 0.6) is 17.2 Å². The fourth-order valence-electron chi connectivity index (χ4n) is 4.73. The Morgan fingerprint density at radius 2 is 1.90 bits per heavy atom. The van der Waals surface area contributed by atoms with Crippen LogP contribution in [-0.4, -0.2) is 63.5 Å². The molecule has 5 rings (SSSR count). The van der Waals surface area contributed by atoms with Crippen LogP contribution in [0.15, 0.2) is 65.6 Å². The Hall–Kier alpha value is -3.87. The molecule has 1 saturated heterocycles. The molecule has 3 aromatic rings. The summed E-state index contributed by atoms with van der Waals surface area (Å²) >= 11 is 6.20. The SMILES string of the molecule is COc1ccc2cc1OCC(=O)NCc1cc(F)cc(c1)O[C@@H]1CCN(S(=O)(=O)c3ccccc3Cl)C[C@@H]1NC2=O. The molecule has 0 aromatic heterocycles. The highest BCUT2D eigenvalue weighted by atomic mass is 35.5. The minimum atomic E-state index is -4.00. The maximum absolute atomic E-state index is 14.5. The Morgan fingerprint density at radius 1 is 1.10 bits per heavy atom. The van der Waals surface area contributed by atoms with Crippen molar-refractivity contribution < 1.29 is 36.6 Å². The number of carbonyl (C=O) groups excluding carboxylic acids is 2. The summed E-state index contributed by atoms with van der Waals surface area (Å²) in [5.74, 6) is -0.937. The van der Waals surface area contributed by atoms with Crippen molar-refractivity contribution in [1.82, 2.24) is 14.9 Å². The quantitative estimate of drug-likeness (QED) is 0.471. The summed E-state index contributed by atoms with van der Waals surface area (Å²) in [6.45, 7) is -0.410. The van der Waals surface area contributed by atoms with Crippen LogP contribution in [0.25, 0.3) is 0 Å². The van der Waals surface area contributed by atoms with E-state index in [1.54, 1.807) is 18.2 Å². The molecule has 13 heteroatoms. The van der Waals surface area contributed by atoms with Crippen molar-refractivity contribution in [2.45, 2.75) is 30.0 Å². The van der Waals surface area contributed by atoms with Crippen LogP contribution < -0.4 is 24.8 Å². The highest BCUT2D eigenvalue weighted by Gasteiger charge is 2.38. The summed E-state index contributed by atoms with van der Waals surface area (Å²) in [6.07, 6.45) is -0.517. The molecule has 2 N–H and O–H groups in total. The van der Waals surface area contributed by atoms with Crippen LogP contribution in [0.2, 0.25) is 5.02 Å². The first-order valence-electron chi connectivity index (χ1n) is 12.7. The lowest BCUT2D eigenvalue weighted by Gasteiger charge is -2.38. The van der Waals surface area contributed by atoms with Crippen LogP contribution >= 0.6 is 11.6 Å². The maximum Gasteiger partial charge on any atom is 0.258 e. The van der Waals surface area contributed by atoms with Gasteiger partial charge in [0.05, 0.1) is 18.2 Å². The van der Waals surface area contributed by atoms with Crippen molar-refractivity contribution in [3.63, 3.8) is 0 Å². The molecule has 3 aromatic carbocycles. The number of amides is 2. The van der Waals surface area contributed by atoms with Crippen LogP contribution in [0.1, 0.15) is 22.3 Å². The number of benzene rings is 3. The Labute approximate surface area is 241 Å². The van der Waals surface area contributed by atoms with Gasteiger partial charge >= 0.3 is 0 Å². The Kier molecular flexibility index (Phi) is 8.34. The van der Waals surface area contributed by atoms with Crippen molar-refractivity contribution in [2.24, 2.45) is 0 Å². The van der Waals surface area contributed by atoms with E-state index in [4.69, 9.17) is 25.8 Å². The second-order valence-corrected chi connectivity index (χ2v) is 11.9. The first kappa shape index (κ1) is 28.7. The standard InChI is InChI=1S/C28H27ClFN3O7S/c1-38-24-7-6-18-12-25(24)39-16-27(34)31-14-17-10-19(30)13-20(11-17)40-23-8-9-33(15-22(23)32-28(18)35)41(36,37)26-5-3-2-4-21(26)29/h2-7,10-13,22-23H,8-9,14-16H2,1H3,(H,31,34)(H,32,35)/t22-,23+/m0/s1. The van der Waals surface area contributed by atoms with E-state index >= 15 is 0 Å². The van der Waals surface area contributed by atoms with Crippen molar-refractivity contribution >= 4 is 33.4 Å². The van der Waals surface area contributed by atoms with Gasteiger partial charge in [-0.1, -0.05) is 23.7 Å². The third-order valence-corrected chi connectivity index (χ3v) is 9.14. The third-order valence-electron chi connectivity index (χ3n) is 6.78. The number of sulfonamides is 1. The largest absolute Gasteiger partial charge is 0.493 e. The van der Waals surface area contributed by atoms with E-state index in [-0.39, 0.29) is 59.6 Å². The summed E-state index contributed by atoms with van der Waals surface area (Å²) < 4.78 is 59.8. The van der Waals surface area contributed by atoms with Gasteiger partial charge in [0.2, 0.25) is 10.0 Å². The zero-order valence-corrected chi connectivity index (χ0v) is 23.5. The average molecular weight is 604 g/mol. The predicted octanol–water partition coefficient (Wildman–Crippen LogP) is 3.14. The van der Waals surface area contributed by atoms with E-state index in [1.807, 2.05) is 0 Å². The molecule has 1 fully saturated rings. The molecule has 41 heavy (non-hydrogen) atoms. The number of halogens is 2. The molecule has 10 nitrogen and oxygen atoms in total. The second kappa shape index (κ2) is 11.9. The summed E-state index contributed by atoms with van der Waals surface area (Å²) in [6, 6.07) is 13.8. The molecule has 0 aliphatic carbocycles. The second-order valence-electron chi connectivity index (χ2n) is 9.54. The average Bonchev–Trinajstić information content (AvgIpc) is 2.95. The number of piperidine rings is 1. The van der Waals surface area contributed by atoms with Gasteiger partial charge in [0.25, 0.3) is 11.8 Å². The van der Waals surface area contributed by atoms with Gasteiger partial charge in [0.15, 0.2) is 18.1 Å². The number of nitrogens with zero attached hydrogens (tertiary/aromatic N) is 1. The van der Waals surface area contributed by atoms with Gasteiger partial charge in [-0.15, -0.1) is 0 Å². The van der Waals surface area contributed by atoms with Gasteiger partial charge in [-0.2, -0.15) is 4.31 Å². The summed E-state index contributed by atoms with van der Waals surface area (Å²) in [7, 11) is -2.58. The number of nitrogens with one attached hydrogen (secondary N) is 2.